The Bertz CT molecular complexity index is 504. The molecule has 0 spiro atoms. The lowest BCUT2D eigenvalue weighted by atomic mass is 10.1. The number of Topliss-reactive ketones (excluding diaryl/α,β-unsaturated/α-hetero) is 1. The first-order valence-corrected chi connectivity index (χ1v) is 7.57. The molecule has 0 aliphatic rings. The fraction of sp³-hybridized carbons (Fsp3) is 0.533. The molecule has 1 aromatic rings. The number of nitrogens with two attached hydrogens (primary N) is 1. The van der Waals surface area contributed by atoms with Crippen LogP contribution >= 0.6 is 11.3 Å². The number of anilines is 2. The topological polar surface area (TPSA) is 64.4 Å². The molecule has 4 nitrogen and oxygen atoms in total. The maximum atomic E-state index is 12.2. The highest BCUT2D eigenvalue weighted by Crippen LogP contribution is 2.44. The highest BCUT2D eigenvalue weighted by atomic mass is 32.1. The molecule has 0 atom stereocenters. The van der Waals surface area contributed by atoms with Crippen molar-refractivity contribution >= 4 is 27.8 Å². The van der Waals surface area contributed by atoms with Gasteiger partial charge in [-0.15, -0.1) is 11.3 Å². The van der Waals surface area contributed by atoms with Gasteiger partial charge in [0.15, 0.2) is 11.5 Å². The molecule has 0 fully saturated rings. The molecule has 3 N–H and O–H groups in total. The van der Waals surface area contributed by atoms with Crippen LogP contribution in [0.3, 0.4) is 0 Å². The lowest BCUT2D eigenvalue weighted by Crippen LogP contribution is -2.10. The first-order valence-electron chi connectivity index (χ1n) is 6.75. The van der Waals surface area contributed by atoms with E-state index < -0.39 is 0 Å². The molecule has 0 bridgehead atoms. The molecule has 0 saturated heterocycles. The van der Waals surface area contributed by atoms with Gasteiger partial charge in [0.05, 0.1) is 16.7 Å². The molecular formula is C15H24N2O2S. The Kier molecular flexibility index (Phi) is 5.62. The second-order valence-corrected chi connectivity index (χ2v) is 6.52. The van der Waals surface area contributed by atoms with Crippen molar-refractivity contribution in [1.82, 2.24) is 0 Å². The third-order valence-corrected chi connectivity index (χ3v) is 3.71. The quantitative estimate of drug-likeness (QED) is 0.591. The van der Waals surface area contributed by atoms with Gasteiger partial charge in [0.1, 0.15) is 5.00 Å². The summed E-state index contributed by atoms with van der Waals surface area (Å²) in [5.41, 5.74) is 7.54. The van der Waals surface area contributed by atoms with Crippen molar-refractivity contribution in [3.63, 3.8) is 0 Å². The summed E-state index contributed by atoms with van der Waals surface area (Å²) >= 11 is 1.35. The third-order valence-electron chi connectivity index (χ3n) is 2.55. The summed E-state index contributed by atoms with van der Waals surface area (Å²) in [7, 11) is 0. The third kappa shape index (κ3) is 4.00. The molecule has 112 valence electrons. The Balaban J connectivity index is 3.16. The Morgan fingerprint density at radius 1 is 1.40 bits per heavy atom. The van der Waals surface area contributed by atoms with E-state index >= 15 is 0 Å². The fourth-order valence-electron chi connectivity index (χ4n) is 1.57. The Hall–Kier alpha value is -1.49. The predicted octanol–water partition coefficient (Wildman–Crippen LogP) is 3.94. The van der Waals surface area contributed by atoms with E-state index in [-0.39, 0.29) is 17.8 Å². The van der Waals surface area contributed by atoms with Crippen molar-refractivity contribution in [2.75, 3.05) is 17.6 Å². The molecule has 20 heavy (non-hydrogen) atoms. The van der Waals surface area contributed by atoms with E-state index in [1.54, 1.807) is 0 Å². The second kappa shape index (κ2) is 6.79. The van der Waals surface area contributed by atoms with Crippen LogP contribution < -0.4 is 15.8 Å². The molecule has 1 aromatic heterocycles. The number of carbonyl (C=O) groups is 1. The molecule has 1 heterocycles. The molecule has 5 heteroatoms. The van der Waals surface area contributed by atoms with Gasteiger partial charge in [0.25, 0.3) is 0 Å². The van der Waals surface area contributed by atoms with Crippen LogP contribution in [0.5, 0.6) is 5.75 Å². The lowest BCUT2D eigenvalue weighted by Gasteiger charge is -2.12. The minimum atomic E-state index is -0.0863. The summed E-state index contributed by atoms with van der Waals surface area (Å²) in [5, 5.41) is 4.03. The molecule has 0 aliphatic carbocycles. The minimum Gasteiger partial charge on any atom is -0.486 e. The molecule has 0 unspecified atom stereocenters. The van der Waals surface area contributed by atoms with Gasteiger partial charge >= 0.3 is 0 Å². The van der Waals surface area contributed by atoms with Gasteiger partial charge in [-0.3, -0.25) is 4.79 Å². The van der Waals surface area contributed by atoms with Crippen molar-refractivity contribution in [2.45, 2.75) is 40.7 Å². The number of nitrogens with one attached hydrogen (secondary N) is 1. The van der Waals surface area contributed by atoms with Crippen LogP contribution in [0, 0.1) is 5.92 Å². The summed E-state index contributed by atoms with van der Waals surface area (Å²) in [6.45, 7) is 14.0. The number of ketones is 1. The molecule has 0 radical (unpaired) electrons. The van der Waals surface area contributed by atoms with Crippen molar-refractivity contribution < 1.29 is 9.53 Å². The van der Waals surface area contributed by atoms with Gasteiger partial charge in [0, 0.05) is 12.5 Å². The van der Waals surface area contributed by atoms with Gasteiger partial charge in [-0.05, 0) is 20.8 Å². The smallest absolute Gasteiger partial charge is 0.177 e. The zero-order valence-electron chi connectivity index (χ0n) is 12.9. The van der Waals surface area contributed by atoms with Crippen LogP contribution in [0.1, 0.15) is 44.3 Å². The van der Waals surface area contributed by atoms with Crippen LogP contribution in [0.2, 0.25) is 0 Å². The predicted molar refractivity (Wildman–Crippen MR) is 87.0 cm³/mol. The summed E-state index contributed by atoms with van der Waals surface area (Å²) in [4.78, 5) is 12.8. The molecule has 0 aliphatic heterocycles. The van der Waals surface area contributed by atoms with Crippen molar-refractivity contribution in [3.8, 4) is 5.75 Å². The van der Waals surface area contributed by atoms with E-state index in [2.05, 4.69) is 11.9 Å². The van der Waals surface area contributed by atoms with Gasteiger partial charge in [-0.1, -0.05) is 26.0 Å². The van der Waals surface area contributed by atoms with Crippen LogP contribution in [0.25, 0.3) is 0 Å². The van der Waals surface area contributed by atoms with Gasteiger partial charge in [-0.25, -0.2) is 0 Å². The van der Waals surface area contributed by atoms with E-state index in [9.17, 15) is 4.79 Å². The number of hydrogen-bond donors (Lipinski definition) is 2. The SMILES string of the molecule is C=C(C)CNc1sc(C(=O)C(C)C)c(N)c1OC(C)C. The zero-order chi connectivity index (χ0) is 15.4. The second-order valence-electron chi connectivity index (χ2n) is 5.50. The number of nitrogen functional groups attached to an aromatic ring is 1. The summed E-state index contributed by atoms with van der Waals surface area (Å²) in [6.07, 6.45) is -0.000667. The van der Waals surface area contributed by atoms with E-state index in [0.29, 0.717) is 22.9 Å². The number of ether oxygens (including phenoxy) is 1. The van der Waals surface area contributed by atoms with Gasteiger partial charge in [0.2, 0.25) is 0 Å². The first kappa shape index (κ1) is 16.6. The summed E-state index contributed by atoms with van der Waals surface area (Å²) < 4.78 is 5.76. The molecule has 1 rings (SSSR count). The van der Waals surface area contributed by atoms with Crippen LogP contribution in [-0.2, 0) is 0 Å². The largest absolute Gasteiger partial charge is 0.486 e. The lowest BCUT2D eigenvalue weighted by molar-refractivity contribution is 0.0944. The van der Waals surface area contributed by atoms with E-state index in [1.165, 1.54) is 11.3 Å². The van der Waals surface area contributed by atoms with Crippen molar-refractivity contribution in [2.24, 2.45) is 5.92 Å². The standard InChI is InChI=1S/C15H24N2O2S/c1-8(2)7-17-15-13(19-10(5)6)11(16)14(20-15)12(18)9(3)4/h9-10,17H,1,7,16H2,2-6H3. The van der Waals surface area contributed by atoms with Crippen molar-refractivity contribution in [1.29, 1.82) is 0 Å². The number of hydrogen-bond acceptors (Lipinski definition) is 5. The monoisotopic (exact) mass is 296 g/mol. The van der Waals surface area contributed by atoms with Crippen molar-refractivity contribution in [3.05, 3.63) is 17.0 Å². The highest BCUT2D eigenvalue weighted by molar-refractivity contribution is 7.19. The highest BCUT2D eigenvalue weighted by Gasteiger charge is 2.24. The van der Waals surface area contributed by atoms with E-state index in [4.69, 9.17) is 10.5 Å². The Labute approximate surface area is 125 Å². The average Bonchev–Trinajstić information content (AvgIpc) is 2.63. The van der Waals surface area contributed by atoms with Crippen LogP contribution in [0.4, 0.5) is 10.7 Å². The van der Waals surface area contributed by atoms with E-state index in [1.807, 2.05) is 34.6 Å². The molecule has 0 aromatic carbocycles. The Morgan fingerprint density at radius 3 is 2.45 bits per heavy atom. The average molecular weight is 296 g/mol. The fourth-order valence-corrected chi connectivity index (χ4v) is 2.71. The van der Waals surface area contributed by atoms with Crippen LogP contribution in [-0.4, -0.2) is 18.4 Å². The van der Waals surface area contributed by atoms with Gasteiger partial charge in [-0.2, -0.15) is 0 Å². The molecule has 0 saturated carbocycles. The van der Waals surface area contributed by atoms with Crippen LogP contribution in [0.15, 0.2) is 12.2 Å². The van der Waals surface area contributed by atoms with E-state index in [0.717, 1.165) is 10.6 Å². The zero-order valence-corrected chi connectivity index (χ0v) is 13.7. The number of carbonyl (C=O) groups excluding carboxylic acids is 1. The normalized spacial score (nSPS) is 10.9. The van der Waals surface area contributed by atoms with Gasteiger partial charge < -0.3 is 15.8 Å². The maximum Gasteiger partial charge on any atom is 0.177 e. The summed E-state index contributed by atoms with van der Waals surface area (Å²) in [5.74, 6) is 0.538. The summed E-state index contributed by atoms with van der Waals surface area (Å²) in [6, 6.07) is 0. The number of rotatable bonds is 7. The number of thiophene rings is 1. The minimum absolute atomic E-state index is 0.000667. The first-order chi connectivity index (χ1) is 9.23. The molecular weight excluding hydrogens is 272 g/mol. The Morgan fingerprint density at radius 2 is 2.00 bits per heavy atom. The maximum absolute atomic E-state index is 12.2. The molecule has 0 amide bonds.